The molecule has 0 unspecified atom stereocenters. The van der Waals surface area contributed by atoms with Crippen LogP contribution in [0.3, 0.4) is 0 Å². The van der Waals surface area contributed by atoms with E-state index in [9.17, 15) is 19.2 Å². The maximum Gasteiger partial charge on any atom is 0.519 e. The summed E-state index contributed by atoms with van der Waals surface area (Å²) in [6.07, 6.45) is -3.92. The molecule has 0 saturated carbocycles. The highest BCUT2D eigenvalue weighted by Crippen LogP contribution is 2.12. The van der Waals surface area contributed by atoms with Crippen LogP contribution in [0.1, 0.15) is 83.1 Å². The number of amides is 1. The van der Waals surface area contributed by atoms with E-state index in [-0.39, 0.29) is 0 Å². The molecule has 1 amide bonds. The van der Waals surface area contributed by atoms with Gasteiger partial charge >= 0.3 is 24.6 Å². The van der Waals surface area contributed by atoms with Crippen molar-refractivity contribution in [2.75, 3.05) is 0 Å². The third-order valence-electron chi connectivity index (χ3n) is 1.99. The van der Waals surface area contributed by atoms with Crippen molar-refractivity contribution in [3.63, 3.8) is 0 Å². The summed E-state index contributed by atoms with van der Waals surface area (Å²) in [5, 5.41) is 2.47. The Bertz CT molecular complexity index is 494. The van der Waals surface area contributed by atoms with Gasteiger partial charge in [0, 0.05) is 5.54 Å². The van der Waals surface area contributed by atoms with Gasteiger partial charge < -0.3 is 29.0 Å². The third-order valence-corrected chi connectivity index (χ3v) is 1.99. The van der Waals surface area contributed by atoms with Crippen LogP contribution in [0.5, 0.6) is 0 Å². The summed E-state index contributed by atoms with van der Waals surface area (Å²) in [5.41, 5.74) is -2.50. The molecular weight excluding hydrogens is 398 g/mol. The average molecular weight is 436 g/mol. The first-order valence-corrected chi connectivity index (χ1v) is 9.36. The smallest absolute Gasteiger partial charge is 0.428 e. The third kappa shape index (κ3) is 23.5. The van der Waals surface area contributed by atoms with Crippen molar-refractivity contribution >= 4 is 24.6 Å². The Morgan fingerprint density at radius 2 is 0.767 bits per heavy atom. The van der Waals surface area contributed by atoms with Crippen molar-refractivity contribution in [1.82, 2.24) is 5.32 Å². The second-order valence-corrected chi connectivity index (χ2v) is 10.3. The number of hydrogen-bond donors (Lipinski definition) is 1. The normalized spacial score (nSPS) is 11.9. The summed E-state index contributed by atoms with van der Waals surface area (Å²) in [4.78, 5) is 44.2. The Morgan fingerprint density at radius 1 is 0.500 bits per heavy atom. The van der Waals surface area contributed by atoms with Crippen molar-refractivity contribution in [1.29, 1.82) is 0 Å². The summed E-state index contributed by atoms with van der Waals surface area (Å²) in [5.74, 6) is 0. The van der Waals surface area contributed by atoms with Crippen LogP contribution in [0.4, 0.5) is 19.2 Å². The van der Waals surface area contributed by atoms with E-state index in [1.54, 1.807) is 83.1 Å². The van der Waals surface area contributed by atoms with E-state index in [1.165, 1.54) is 0 Å². The van der Waals surface area contributed by atoms with Gasteiger partial charge in [-0.15, -0.1) is 0 Å². The van der Waals surface area contributed by atoms with Crippen LogP contribution in [0.15, 0.2) is 0 Å². The predicted molar refractivity (Wildman–Crippen MR) is 109 cm³/mol. The number of hydrogen-bond acceptors (Lipinski definition) is 9. The molecule has 0 aromatic carbocycles. The van der Waals surface area contributed by atoms with Gasteiger partial charge in [-0.25, -0.2) is 19.2 Å². The van der Waals surface area contributed by atoms with Gasteiger partial charge in [0.05, 0.1) is 0 Å². The zero-order valence-electron chi connectivity index (χ0n) is 20.2. The highest BCUT2D eigenvalue weighted by molar-refractivity contribution is 5.81. The standard InChI is InChI=1S/C10H19NO4.C10H18O5/c1-9(2,3)11-7(12)14-8(13)15-10(4,5)6;1-9(2,3)14-7(11)13-8(12)15-10(4,5)6/h1-6H3,(H,11,12);1-6H3. The van der Waals surface area contributed by atoms with Crippen LogP contribution < -0.4 is 5.32 Å². The molecule has 0 aliphatic rings. The van der Waals surface area contributed by atoms with E-state index in [0.717, 1.165) is 0 Å². The largest absolute Gasteiger partial charge is 0.519 e. The highest BCUT2D eigenvalue weighted by Gasteiger charge is 2.24. The number of rotatable bonds is 0. The van der Waals surface area contributed by atoms with E-state index in [4.69, 9.17) is 14.2 Å². The molecule has 0 fully saturated rings. The molecule has 0 aliphatic heterocycles. The maximum atomic E-state index is 11.1. The Labute approximate surface area is 178 Å². The summed E-state index contributed by atoms with van der Waals surface area (Å²) in [6.45, 7) is 20.4. The fourth-order valence-corrected chi connectivity index (χ4v) is 1.29. The monoisotopic (exact) mass is 435 g/mol. The lowest BCUT2D eigenvalue weighted by Crippen LogP contribution is -2.42. The first-order chi connectivity index (χ1) is 13.0. The zero-order chi connectivity index (χ0) is 24.6. The number of ether oxygens (including phenoxy) is 5. The van der Waals surface area contributed by atoms with Crippen LogP contribution >= 0.6 is 0 Å². The fraction of sp³-hybridized carbons (Fsp3) is 0.800. The summed E-state index contributed by atoms with van der Waals surface area (Å²) in [7, 11) is 0. The number of carbonyl (C=O) groups is 4. The Hall–Kier alpha value is -2.52. The molecule has 0 bridgehead atoms. The molecule has 0 radical (unpaired) electrons. The van der Waals surface area contributed by atoms with Gasteiger partial charge in [0.2, 0.25) is 0 Å². The van der Waals surface area contributed by atoms with E-state index in [1.807, 2.05) is 0 Å². The Balaban J connectivity index is 0. The first-order valence-electron chi connectivity index (χ1n) is 9.36. The van der Waals surface area contributed by atoms with Gasteiger partial charge in [0.25, 0.3) is 0 Å². The topological polar surface area (TPSA) is 126 Å². The second kappa shape index (κ2) is 11.0. The summed E-state index contributed by atoms with van der Waals surface area (Å²) >= 11 is 0. The maximum absolute atomic E-state index is 11.1. The van der Waals surface area contributed by atoms with Crippen molar-refractivity contribution in [2.45, 2.75) is 105 Å². The Morgan fingerprint density at radius 3 is 1.00 bits per heavy atom. The molecule has 0 aromatic rings. The first kappa shape index (κ1) is 29.7. The average Bonchev–Trinajstić information content (AvgIpc) is 2.27. The highest BCUT2D eigenvalue weighted by atomic mass is 16.8. The van der Waals surface area contributed by atoms with Crippen molar-refractivity contribution < 1.29 is 42.9 Å². The molecule has 30 heavy (non-hydrogen) atoms. The molecule has 0 heterocycles. The van der Waals surface area contributed by atoms with Crippen molar-refractivity contribution in [2.24, 2.45) is 0 Å². The van der Waals surface area contributed by atoms with Crippen LogP contribution in [-0.2, 0) is 23.7 Å². The Kier molecular flexibility index (Phi) is 10.9. The van der Waals surface area contributed by atoms with Crippen molar-refractivity contribution in [3.05, 3.63) is 0 Å². The SMILES string of the molecule is CC(C)(C)NC(=O)OC(=O)OC(C)(C)C.CC(C)(C)OC(=O)OC(=O)OC(C)(C)C. The lowest BCUT2D eigenvalue weighted by atomic mass is 10.1. The molecule has 0 aliphatic carbocycles. The molecular formula is C20H37NO9. The van der Waals surface area contributed by atoms with Crippen LogP contribution in [0, 0.1) is 0 Å². The van der Waals surface area contributed by atoms with Crippen LogP contribution in [-0.4, -0.2) is 46.9 Å². The fourth-order valence-electron chi connectivity index (χ4n) is 1.29. The summed E-state index contributed by atoms with van der Waals surface area (Å²) in [6, 6.07) is 0. The minimum Gasteiger partial charge on any atom is -0.428 e. The minimum atomic E-state index is -1.06. The molecule has 10 heteroatoms. The molecule has 0 aromatic heterocycles. The van der Waals surface area contributed by atoms with Gasteiger partial charge in [-0.05, 0) is 83.1 Å². The van der Waals surface area contributed by atoms with Crippen LogP contribution in [0.25, 0.3) is 0 Å². The molecule has 0 atom stereocenters. The molecule has 10 nitrogen and oxygen atoms in total. The minimum absolute atomic E-state index is 0.445. The van der Waals surface area contributed by atoms with Gasteiger partial charge in [0.15, 0.2) is 0 Å². The number of carbonyl (C=O) groups excluding carboxylic acids is 4. The molecule has 1 N–H and O–H groups in total. The number of nitrogens with one attached hydrogen (secondary N) is 1. The van der Waals surface area contributed by atoms with E-state index in [0.29, 0.717) is 0 Å². The molecule has 0 spiro atoms. The van der Waals surface area contributed by atoms with E-state index < -0.39 is 46.9 Å². The molecule has 0 saturated heterocycles. The van der Waals surface area contributed by atoms with Gasteiger partial charge in [-0.1, -0.05) is 0 Å². The summed E-state index contributed by atoms with van der Waals surface area (Å²) < 4.78 is 23.0. The van der Waals surface area contributed by atoms with Crippen molar-refractivity contribution in [3.8, 4) is 0 Å². The number of alkyl carbamates (subject to hydrolysis) is 1. The van der Waals surface area contributed by atoms with Gasteiger partial charge in [-0.3, -0.25) is 0 Å². The lowest BCUT2D eigenvalue weighted by Gasteiger charge is -2.21. The molecule has 0 rings (SSSR count). The van der Waals surface area contributed by atoms with Gasteiger partial charge in [-0.2, -0.15) is 0 Å². The zero-order valence-corrected chi connectivity index (χ0v) is 20.2. The predicted octanol–water partition coefficient (Wildman–Crippen LogP) is 5.32. The van der Waals surface area contributed by atoms with E-state index >= 15 is 0 Å². The lowest BCUT2D eigenvalue weighted by molar-refractivity contribution is -0.0295. The quantitative estimate of drug-likeness (QED) is 0.305. The van der Waals surface area contributed by atoms with Crippen LogP contribution in [0.2, 0.25) is 0 Å². The second-order valence-electron chi connectivity index (χ2n) is 10.3. The van der Waals surface area contributed by atoms with Gasteiger partial charge in [0.1, 0.15) is 16.8 Å². The molecule has 176 valence electrons. The van der Waals surface area contributed by atoms with E-state index in [2.05, 4.69) is 14.8 Å².